The van der Waals surface area contributed by atoms with E-state index in [0.717, 1.165) is 46.3 Å². The molecule has 6 aromatic carbocycles. The molecule has 0 aliphatic heterocycles. The highest BCUT2D eigenvalue weighted by atomic mass is 35.5. The van der Waals surface area contributed by atoms with Gasteiger partial charge in [0.2, 0.25) is 0 Å². The third-order valence-electron chi connectivity index (χ3n) is 13.2. The van der Waals surface area contributed by atoms with Gasteiger partial charge in [-0.15, -0.1) is 0 Å². The Labute approximate surface area is 504 Å². The number of thiazole rings is 2. The Hall–Kier alpha value is -9.08. The van der Waals surface area contributed by atoms with Crippen LogP contribution in [0.5, 0.6) is 28.7 Å². The molecule has 0 saturated heterocycles. The van der Waals surface area contributed by atoms with E-state index in [1.54, 1.807) is 50.6 Å². The molecule has 0 unspecified atom stereocenters. The van der Waals surface area contributed by atoms with E-state index in [2.05, 4.69) is 66.6 Å². The first kappa shape index (κ1) is 60.1. The van der Waals surface area contributed by atoms with Crippen LogP contribution in [0.25, 0.3) is 42.2 Å². The quantitative estimate of drug-likeness (QED) is 0.0309. The van der Waals surface area contributed by atoms with Crippen molar-refractivity contribution in [3.63, 3.8) is 0 Å². The number of hydrogen-bond acceptors (Lipinski definition) is 19. The van der Waals surface area contributed by atoms with Gasteiger partial charge in [-0.25, -0.2) is 39.5 Å². The molecule has 0 aliphatic carbocycles. The number of alkyl halides is 3. The number of anilines is 8. The number of nitrogens with one attached hydrogen (secondary N) is 6. The third-order valence-corrected chi connectivity index (χ3v) is 15.4. The summed E-state index contributed by atoms with van der Waals surface area (Å²) in [4.78, 5) is 57.8. The van der Waals surface area contributed by atoms with Gasteiger partial charge in [-0.3, -0.25) is 0 Å². The fraction of sp³-hybridized carbons (Fsp3) is 0.254. The number of fused-ring (bicyclic) bond motifs is 4. The summed E-state index contributed by atoms with van der Waals surface area (Å²) in [5.74, 6) is 3.73. The smallest absolute Gasteiger partial charge is 0.417 e. The molecule has 0 radical (unpaired) electrons. The molecule has 4 amide bonds. The second kappa shape index (κ2) is 26.9. The van der Waals surface area contributed by atoms with Crippen molar-refractivity contribution in [2.45, 2.75) is 25.9 Å². The van der Waals surface area contributed by atoms with Gasteiger partial charge in [0.25, 0.3) is 0 Å². The number of rotatable bonds is 24. The highest BCUT2D eigenvalue weighted by Crippen LogP contribution is 2.40. The van der Waals surface area contributed by atoms with Gasteiger partial charge < -0.3 is 65.4 Å². The van der Waals surface area contributed by atoms with Crippen molar-refractivity contribution in [3.8, 4) is 28.7 Å². The molecular weight excluding hydrogens is 1170 g/mol. The van der Waals surface area contributed by atoms with Gasteiger partial charge in [-0.1, -0.05) is 40.3 Å². The monoisotopic (exact) mass is 1230 g/mol. The number of likely N-dealkylation sites (N-methyl/N-ethyl adjacent to an activating group) is 1. The summed E-state index contributed by atoms with van der Waals surface area (Å²) in [7, 11) is 9.19. The molecule has 86 heavy (non-hydrogen) atoms. The standard InChI is InChI=1S/C59H58ClF3N14O7S2/c1-33-9-16-46(45(23-33)71-56(79)70-36-12-15-42-52(26-36)86-58(73-42)75-53-37-27-47(80-5)49(29-43(37)64-31-66-53)82-20-7-17-76(2)3)84-22-19-77(4)18-8-21-83-50-30-44-38(28-48(50)81-6)54(67-32-65-44)74-57-72-41-14-11-35(25-51(41)85-57)69-55(78)68-34-10-13-40(60)39(24-34)59(61,62)63/h9-16,23-32H,7-8,17-22H2,1-6H3,(H2,68,69,78)(H2,70,71,79)(H,64,66,73,75)(H,65,67,72,74). The van der Waals surface area contributed by atoms with E-state index in [4.69, 9.17) is 40.3 Å². The zero-order valence-electron chi connectivity index (χ0n) is 47.3. The summed E-state index contributed by atoms with van der Waals surface area (Å²) >= 11 is 8.44. The molecule has 27 heteroatoms. The predicted molar refractivity (Wildman–Crippen MR) is 333 cm³/mol. The first-order chi connectivity index (χ1) is 41.4. The molecule has 0 bridgehead atoms. The summed E-state index contributed by atoms with van der Waals surface area (Å²) in [6.45, 7) is 5.41. The lowest BCUT2D eigenvalue weighted by atomic mass is 10.2. The lowest BCUT2D eigenvalue weighted by Gasteiger charge is -2.19. The highest BCUT2D eigenvalue weighted by molar-refractivity contribution is 7.22. The summed E-state index contributed by atoms with van der Waals surface area (Å²) in [5, 5.41) is 19.6. The molecule has 4 aromatic heterocycles. The van der Waals surface area contributed by atoms with E-state index in [0.29, 0.717) is 134 Å². The molecular formula is C59H58ClF3N14O7S2. The Kier molecular flexibility index (Phi) is 18.8. The summed E-state index contributed by atoms with van der Waals surface area (Å²) in [5.41, 5.74) is 3.97. The number of ether oxygens (including phenoxy) is 5. The molecule has 10 rings (SSSR count). The topological polar surface area (TPSA) is 236 Å². The lowest BCUT2D eigenvalue weighted by Crippen LogP contribution is -2.26. The van der Waals surface area contributed by atoms with Gasteiger partial charge in [0.05, 0.1) is 75.2 Å². The van der Waals surface area contributed by atoms with Crippen molar-refractivity contribution >= 4 is 133 Å². The van der Waals surface area contributed by atoms with Crippen LogP contribution in [0.1, 0.15) is 24.0 Å². The molecule has 0 atom stereocenters. The summed E-state index contributed by atoms with van der Waals surface area (Å²) in [6, 6.07) is 25.4. The lowest BCUT2D eigenvalue weighted by molar-refractivity contribution is -0.137. The van der Waals surface area contributed by atoms with Crippen molar-refractivity contribution in [1.29, 1.82) is 0 Å². The maximum Gasteiger partial charge on any atom is 0.417 e. The number of nitrogens with zero attached hydrogens (tertiary/aromatic N) is 8. The number of amides is 4. The van der Waals surface area contributed by atoms with Crippen LogP contribution < -0.4 is 55.6 Å². The van der Waals surface area contributed by atoms with Crippen molar-refractivity contribution < 1.29 is 46.4 Å². The minimum Gasteiger partial charge on any atom is -0.493 e. The van der Waals surface area contributed by atoms with Gasteiger partial charge in [0.1, 0.15) is 36.6 Å². The van der Waals surface area contributed by atoms with E-state index < -0.39 is 28.8 Å². The first-order valence-electron chi connectivity index (χ1n) is 26.8. The number of carbonyl (C=O) groups is 2. The van der Waals surface area contributed by atoms with Crippen LogP contribution >= 0.6 is 34.3 Å². The molecule has 0 aliphatic rings. The Bertz CT molecular complexity index is 4100. The van der Waals surface area contributed by atoms with Crippen molar-refractivity contribution in [2.75, 3.05) is 107 Å². The van der Waals surface area contributed by atoms with E-state index >= 15 is 0 Å². The molecule has 4 heterocycles. The number of methoxy groups -OCH3 is 2. The molecule has 0 spiro atoms. The zero-order chi connectivity index (χ0) is 60.5. The molecule has 10 aromatic rings. The largest absolute Gasteiger partial charge is 0.493 e. The normalized spacial score (nSPS) is 11.6. The average molecular weight is 1230 g/mol. The number of carbonyl (C=O) groups excluding carboxylic acids is 2. The Morgan fingerprint density at radius 1 is 0.558 bits per heavy atom. The number of urea groups is 2. The van der Waals surface area contributed by atoms with Crippen LogP contribution in [0.4, 0.5) is 67.4 Å². The van der Waals surface area contributed by atoms with E-state index in [1.807, 2.05) is 70.5 Å². The van der Waals surface area contributed by atoms with Gasteiger partial charge in [0.15, 0.2) is 33.3 Å². The Morgan fingerprint density at radius 2 is 1.07 bits per heavy atom. The number of aromatic nitrogens is 6. The number of aryl methyl sites for hydroxylation is 1. The van der Waals surface area contributed by atoms with Gasteiger partial charge >= 0.3 is 18.2 Å². The molecule has 0 fully saturated rings. The SMILES string of the molecule is COc1cc2c(Nc3nc4ccc(NC(=O)Nc5cc(C)ccc5OCCN(C)CCCOc5cc6ncnc(Nc7nc8ccc(NC(=O)Nc9ccc(Cl)c(C(F)(F)F)c9)cc8s7)c6cc5OC)cc4s3)ncnc2cc1OCCCN(C)C. The van der Waals surface area contributed by atoms with Crippen molar-refractivity contribution in [1.82, 2.24) is 39.7 Å². The first-order valence-corrected chi connectivity index (χ1v) is 28.8. The van der Waals surface area contributed by atoms with Gasteiger partial charge in [0, 0.05) is 59.6 Å². The molecule has 6 N–H and O–H groups in total. The summed E-state index contributed by atoms with van der Waals surface area (Å²) in [6.07, 6.45) is -0.218. The predicted octanol–water partition coefficient (Wildman–Crippen LogP) is 13.7. The fourth-order valence-electron chi connectivity index (χ4n) is 8.95. The average Bonchev–Trinajstić information content (AvgIpc) is 4.27. The fourth-order valence-corrected chi connectivity index (χ4v) is 11.0. The van der Waals surface area contributed by atoms with Gasteiger partial charge in [-0.05, 0) is 125 Å². The van der Waals surface area contributed by atoms with Crippen LogP contribution in [-0.2, 0) is 6.18 Å². The van der Waals surface area contributed by atoms with Crippen LogP contribution in [0, 0.1) is 6.92 Å². The Morgan fingerprint density at radius 3 is 1.60 bits per heavy atom. The summed E-state index contributed by atoms with van der Waals surface area (Å²) < 4.78 is 71.5. The second-order valence-electron chi connectivity index (χ2n) is 19.8. The number of halogens is 4. The molecule has 446 valence electrons. The van der Waals surface area contributed by atoms with Crippen LogP contribution in [0.3, 0.4) is 0 Å². The maximum absolute atomic E-state index is 13.5. The number of hydrogen-bond donors (Lipinski definition) is 6. The van der Waals surface area contributed by atoms with Crippen molar-refractivity contribution in [3.05, 3.63) is 126 Å². The van der Waals surface area contributed by atoms with Crippen molar-refractivity contribution in [2.24, 2.45) is 0 Å². The van der Waals surface area contributed by atoms with E-state index in [9.17, 15) is 22.8 Å². The zero-order valence-corrected chi connectivity index (χ0v) is 49.7. The molecule has 21 nitrogen and oxygen atoms in total. The minimum absolute atomic E-state index is 0.0760. The van der Waals surface area contributed by atoms with Crippen LogP contribution in [0.15, 0.2) is 110 Å². The third kappa shape index (κ3) is 15.1. The minimum atomic E-state index is -4.68. The van der Waals surface area contributed by atoms with Crippen LogP contribution in [-0.4, -0.2) is 127 Å². The van der Waals surface area contributed by atoms with E-state index in [-0.39, 0.29) is 5.69 Å². The second-order valence-corrected chi connectivity index (χ2v) is 22.3. The number of benzene rings is 6. The Balaban J connectivity index is 0.684. The van der Waals surface area contributed by atoms with E-state index in [1.165, 1.54) is 41.4 Å². The van der Waals surface area contributed by atoms with Crippen LogP contribution in [0.2, 0.25) is 5.02 Å². The van der Waals surface area contributed by atoms with Gasteiger partial charge in [-0.2, -0.15) is 13.2 Å². The maximum atomic E-state index is 13.5. The molecule has 0 saturated carbocycles. The highest BCUT2D eigenvalue weighted by Gasteiger charge is 2.33.